The fraction of sp³-hybridized carbons (Fsp3) is 0.263. The Labute approximate surface area is 164 Å². The van der Waals surface area contributed by atoms with Gasteiger partial charge in [0.05, 0.1) is 18.6 Å². The summed E-state index contributed by atoms with van der Waals surface area (Å²) in [6.45, 7) is 2.57. The zero-order valence-electron chi connectivity index (χ0n) is 15.1. The van der Waals surface area contributed by atoms with Crippen LogP contribution in [-0.2, 0) is 4.74 Å². The van der Waals surface area contributed by atoms with Gasteiger partial charge in [0.25, 0.3) is 5.91 Å². The highest BCUT2D eigenvalue weighted by Gasteiger charge is 2.18. The van der Waals surface area contributed by atoms with Gasteiger partial charge in [-0.1, -0.05) is 18.2 Å². The molecule has 0 aliphatic rings. The van der Waals surface area contributed by atoms with E-state index in [4.69, 9.17) is 9.15 Å². The number of nitrogens with one attached hydrogen (secondary N) is 2. The molecule has 8 heteroatoms. The molecule has 0 spiro atoms. The van der Waals surface area contributed by atoms with Gasteiger partial charge >= 0.3 is 0 Å². The first-order chi connectivity index (χ1) is 12.8. The summed E-state index contributed by atoms with van der Waals surface area (Å²) in [7, 11) is 1.66. The lowest BCUT2D eigenvalue weighted by Gasteiger charge is -2.09. The molecule has 3 rings (SSSR count). The van der Waals surface area contributed by atoms with Crippen LogP contribution in [0.1, 0.15) is 10.5 Å². The number of rotatable bonds is 9. The Hall–Kier alpha value is -2.61. The van der Waals surface area contributed by atoms with E-state index in [-0.39, 0.29) is 18.3 Å². The minimum atomic E-state index is -0.187. The van der Waals surface area contributed by atoms with Crippen LogP contribution in [0.15, 0.2) is 59.2 Å². The van der Waals surface area contributed by atoms with Gasteiger partial charge in [-0.2, -0.15) is 5.10 Å². The monoisotopic (exact) mass is 390 g/mol. The lowest BCUT2D eigenvalue weighted by molar-refractivity contribution is 0.0946. The van der Waals surface area contributed by atoms with E-state index in [1.165, 1.54) is 0 Å². The number of hydrogen-bond acceptors (Lipinski definition) is 5. The zero-order chi connectivity index (χ0) is 18.2. The molecule has 3 aromatic rings. The summed E-state index contributed by atoms with van der Waals surface area (Å²) in [5.41, 5.74) is 1.88. The number of furan rings is 1. The first kappa shape index (κ1) is 20.7. The second-order valence-corrected chi connectivity index (χ2v) is 5.64. The van der Waals surface area contributed by atoms with E-state index < -0.39 is 0 Å². The number of carbonyl (C=O) groups excluding carboxylic acids is 1. The van der Waals surface area contributed by atoms with Gasteiger partial charge in [0.2, 0.25) is 0 Å². The summed E-state index contributed by atoms with van der Waals surface area (Å²) in [6, 6.07) is 14.9. The van der Waals surface area contributed by atoms with Crippen LogP contribution in [0.2, 0.25) is 0 Å². The standard InChI is InChI=1S/C19H22N4O3.ClH/c1-25-13-11-20-9-10-21-19(24)17-14-16(18-8-5-12-26-18)22-23(17)15-6-3-2-4-7-15;/h2-8,12,14,20H,9-11,13H2,1H3,(H,21,24);1H. The largest absolute Gasteiger partial charge is 0.463 e. The number of amides is 1. The Morgan fingerprint density at radius 1 is 1.15 bits per heavy atom. The molecule has 2 N–H and O–H groups in total. The Kier molecular flexibility index (Phi) is 8.06. The lowest BCUT2D eigenvalue weighted by Crippen LogP contribution is -2.34. The second-order valence-electron chi connectivity index (χ2n) is 5.64. The molecule has 0 saturated heterocycles. The van der Waals surface area contributed by atoms with Crippen molar-refractivity contribution in [3.63, 3.8) is 0 Å². The number of nitrogens with zero attached hydrogens (tertiary/aromatic N) is 2. The number of para-hydroxylation sites is 1. The molecule has 0 saturated carbocycles. The van der Waals surface area contributed by atoms with Crippen LogP contribution in [0, 0.1) is 0 Å². The van der Waals surface area contributed by atoms with E-state index >= 15 is 0 Å². The third kappa shape index (κ3) is 5.43. The van der Waals surface area contributed by atoms with E-state index in [0.29, 0.717) is 36.8 Å². The molecule has 2 heterocycles. The van der Waals surface area contributed by atoms with Crippen LogP contribution in [0.25, 0.3) is 17.1 Å². The number of benzene rings is 1. The highest BCUT2D eigenvalue weighted by Crippen LogP contribution is 2.22. The number of methoxy groups -OCH3 is 1. The quantitative estimate of drug-likeness (QED) is 0.549. The molecule has 7 nitrogen and oxygen atoms in total. The number of ether oxygens (including phenoxy) is 1. The molecule has 27 heavy (non-hydrogen) atoms. The number of halogens is 1. The van der Waals surface area contributed by atoms with Crippen LogP contribution >= 0.6 is 12.4 Å². The third-order valence-electron chi connectivity index (χ3n) is 3.79. The molecular formula is C19H23ClN4O3. The van der Waals surface area contributed by atoms with Crippen molar-refractivity contribution in [2.75, 3.05) is 33.4 Å². The van der Waals surface area contributed by atoms with Crippen LogP contribution in [0.4, 0.5) is 0 Å². The number of aromatic nitrogens is 2. The maximum absolute atomic E-state index is 12.7. The van der Waals surface area contributed by atoms with Crippen molar-refractivity contribution in [1.29, 1.82) is 0 Å². The van der Waals surface area contributed by atoms with Gasteiger partial charge in [-0.3, -0.25) is 4.79 Å². The van der Waals surface area contributed by atoms with E-state index in [2.05, 4.69) is 15.7 Å². The van der Waals surface area contributed by atoms with Gasteiger partial charge in [0, 0.05) is 32.8 Å². The van der Waals surface area contributed by atoms with Crippen LogP contribution in [-0.4, -0.2) is 49.0 Å². The van der Waals surface area contributed by atoms with Crippen LogP contribution in [0.3, 0.4) is 0 Å². The summed E-state index contributed by atoms with van der Waals surface area (Å²) >= 11 is 0. The lowest BCUT2D eigenvalue weighted by atomic mass is 10.2. The summed E-state index contributed by atoms with van der Waals surface area (Å²) in [5.74, 6) is 0.433. The smallest absolute Gasteiger partial charge is 0.270 e. The molecule has 1 amide bonds. The fourth-order valence-electron chi connectivity index (χ4n) is 2.51. The molecule has 0 bridgehead atoms. The van der Waals surface area contributed by atoms with E-state index in [0.717, 1.165) is 12.2 Å². The second kappa shape index (κ2) is 10.5. The average molecular weight is 391 g/mol. The number of carbonyl (C=O) groups is 1. The molecular weight excluding hydrogens is 368 g/mol. The van der Waals surface area contributed by atoms with Crippen molar-refractivity contribution >= 4 is 18.3 Å². The molecule has 0 atom stereocenters. The molecule has 0 unspecified atom stereocenters. The van der Waals surface area contributed by atoms with E-state index in [1.807, 2.05) is 36.4 Å². The van der Waals surface area contributed by atoms with Gasteiger partial charge in [-0.25, -0.2) is 4.68 Å². The summed E-state index contributed by atoms with van der Waals surface area (Å²) < 4.78 is 12.0. The van der Waals surface area contributed by atoms with Crippen molar-refractivity contribution in [2.24, 2.45) is 0 Å². The molecule has 0 fully saturated rings. The van der Waals surface area contributed by atoms with E-state index in [1.54, 1.807) is 30.2 Å². The summed E-state index contributed by atoms with van der Waals surface area (Å²) in [4.78, 5) is 12.7. The Morgan fingerprint density at radius 2 is 1.96 bits per heavy atom. The van der Waals surface area contributed by atoms with Gasteiger partial charge in [-0.05, 0) is 24.3 Å². The van der Waals surface area contributed by atoms with Crippen molar-refractivity contribution in [3.05, 3.63) is 60.5 Å². The van der Waals surface area contributed by atoms with Gasteiger partial charge in [-0.15, -0.1) is 12.4 Å². The maximum Gasteiger partial charge on any atom is 0.270 e. The predicted octanol–water partition coefficient (Wildman–Crippen LogP) is 2.52. The van der Waals surface area contributed by atoms with Crippen molar-refractivity contribution in [3.8, 4) is 17.1 Å². The van der Waals surface area contributed by atoms with Crippen LogP contribution < -0.4 is 10.6 Å². The maximum atomic E-state index is 12.7. The van der Waals surface area contributed by atoms with E-state index in [9.17, 15) is 4.79 Å². The Bertz CT molecular complexity index is 819. The molecule has 2 aromatic heterocycles. The minimum Gasteiger partial charge on any atom is -0.463 e. The van der Waals surface area contributed by atoms with Gasteiger partial charge in [0.15, 0.2) is 5.76 Å². The van der Waals surface area contributed by atoms with Gasteiger partial charge < -0.3 is 19.8 Å². The summed E-state index contributed by atoms with van der Waals surface area (Å²) in [5, 5.41) is 10.6. The average Bonchev–Trinajstić information content (AvgIpc) is 3.34. The highest BCUT2D eigenvalue weighted by molar-refractivity contribution is 5.94. The van der Waals surface area contributed by atoms with Gasteiger partial charge in [0.1, 0.15) is 11.4 Å². The summed E-state index contributed by atoms with van der Waals surface area (Å²) in [6.07, 6.45) is 1.59. The molecule has 1 aromatic carbocycles. The molecule has 144 valence electrons. The Morgan fingerprint density at radius 3 is 2.67 bits per heavy atom. The fourth-order valence-corrected chi connectivity index (χ4v) is 2.51. The minimum absolute atomic E-state index is 0. The first-order valence-electron chi connectivity index (χ1n) is 8.47. The topological polar surface area (TPSA) is 81.3 Å². The third-order valence-corrected chi connectivity index (χ3v) is 3.79. The van der Waals surface area contributed by atoms with Crippen molar-refractivity contribution in [1.82, 2.24) is 20.4 Å². The van der Waals surface area contributed by atoms with Crippen molar-refractivity contribution < 1.29 is 13.9 Å². The highest BCUT2D eigenvalue weighted by atomic mass is 35.5. The Balaban J connectivity index is 0.00000261. The van der Waals surface area contributed by atoms with Crippen LogP contribution in [0.5, 0.6) is 0 Å². The normalized spacial score (nSPS) is 10.4. The first-order valence-corrected chi connectivity index (χ1v) is 8.47. The number of hydrogen-bond donors (Lipinski definition) is 2. The van der Waals surface area contributed by atoms with Crippen molar-refractivity contribution in [2.45, 2.75) is 0 Å². The zero-order valence-corrected chi connectivity index (χ0v) is 15.9. The molecule has 0 aliphatic carbocycles. The molecule has 0 aliphatic heterocycles. The molecule has 0 radical (unpaired) electrons. The predicted molar refractivity (Wildman–Crippen MR) is 106 cm³/mol. The SMILES string of the molecule is COCCNCCNC(=O)c1cc(-c2ccco2)nn1-c1ccccc1.Cl.